The summed E-state index contributed by atoms with van der Waals surface area (Å²) in [7, 11) is 1.69. The van der Waals surface area contributed by atoms with Crippen molar-refractivity contribution in [3.63, 3.8) is 0 Å². The highest BCUT2D eigenvalue weighted by Crippen LogP contribution is 2.16. The van der Waals surface area contributed by atoms with Gasteiger partial charge < -0.3 is 29.3 Å². The van der Waals surface area contributed by atoms with Gasteiger partial charge in [0.05, 0.1) is 25.9 Å². The van der Waals surface area contributed by atoms with Crippen LogP contribution < -0.4 is 0 Å². The zero-order valence-electron chi connectivity index (χ0n) is 34.5. The van der Waals surface area contributed by atoms with E-state index in [2.05, 4.69) is 13.8 Å². The van der Waals surface area contributed by atoms with E-state index in [4.69, 9.17) is 14.2 Å². The molecule has 0 heterocycles. The largest absolute Gasteiger partial charge is 0.394 e. The van der Waals surface area contributed by atoms with Gasteiger partial charge in [-0.25, -0.2) is 0 Å². The van der Waals surface area contributed by atoms with Crippen LogP contribution in [0, 0.1) is 0 Å². The van der Waals surface area contributed by atoms with Crippen molar-refractivity contribution in [3.8, 4) is 0 Å². The monoisotopic (exact) mass is 728 g/mol. The fourth-order valence-electron chi connectivity index (χ4n) is 6.84. The van der Waals surface area contributed by atoms with E-state index >= 15 is 0 Å². The van der Waals surface area contributed by atoms with Gasteiger partial charge in [-0.1, -0.05) is 187 Å². The number of aliphatic hydroxyl groups is 2. The minimum absolute atomic E-state index is 0.0303. The molecular weight excluding hydrogens is 638 g/mol. The van der Waals surface area contributed by atoms with E-state index in [0.29, 0.717) is 39.3 Å². The topological polar surface area (TPSA) is 88.5 Å². The summed E-state index contributed by atoms with van der Waals surface area (Å²) in [4.78, 5) is 15.2. The van der Waals surface area contributed by atoms with Crippen LogP contribution in [0.4, 0.5) is 0 Å². The van der Waals surface area contributed by atoms with E-state index in [1.165, 1.54) is 167 Å². The first-order valence-corrected chi connectivity index (χ1v) is 22.3. The van der Waals surface area contributed by atoms with Crippen LogP contribution in [-0.2, 0) is 19.0 Å². The van der Waals surface area contributed by atoms with Gasteiger partial charge in [0.2, 0.25) is 5.91 Å². The van der Waals surface area contributed by atoms with Crippen molar-refractivity contribution < 1.29 is 29.2 Å². The Morgan fingerprint density at radius 1 is 0.549 bits per heavy atom. The van der Waals surface area contributed by atoms with Gasteiger partial charge in [0.15, 0.2) is 0 Å². The second-order valence-corrected chi connectivity index (χ2v) is 15.3. The minimum atomic E-state index is -0.934. The molecule has 0 saturated carbocycles. The molecule has 0 aliphatic carbocycles. The van der Waals surface area contributed by atoms with Gasteiger partial charge >= 0.3 is 0 Å². The molecule has 2 unspecified atom stereocenters. The summed E-state index contributed by atoms with van der Waals surface area (Å²) in [5.74, 6) is 0.156. The Morgan fingerprint density at radius 3 is 1.37 bits per heavy atom. The van der Waals surface area contributed by atoms with Crippen LogP contribution in [0.5, 0.6) is 0 Å². The Balaban J connectivity index is 4.26. The van der Waals surface area contributed by atoms with E-state index in [1.54, 1.807) is 7.11 Å². The molecule has 1 amide bonds. The highest BCUT2D eigenvalue weighted by atomic mass is 16.5. The zero-order chi connectivity index (χ0) is 37.3. The first-order valence-electron chi connectivity index (χ1n) is 22.3. The van der Waals surface area contributed by atoms with Gasteiger partial charge in [-0.05, 0) is 19.3 Å². The number of hydrogen-bond acceptors (Lipinski definition) is 6. The average molecular weight is 728 g/mol. The lowest BCUT2D eigenvalue weighted by Crippen LogP contribution is -2.42. The van der Waals surface area contributed by atoms with Crippen molar-refractivity contribution in [1.82, 2.24) is 4.90 Å². The van der Waals surface area contributed by atoms with Crippen LogP contribution in [-0.4, -0.2) is 86.5 Å². The van der Waals surface area contributed by atoms with E-state index in [9.17, 15) is 15.0 Å². The predicted molar refractivity (Wildman–Crippen MR) is 217 cm³/mol. The van der Waals surface area contributed by atoms with Gasteiger partial charge in [0.1, 0.15) is 6.10 Å². The molecule has 306 valence electrons. The fraction of sp³-hybridized carbons (Fsp3) is 0.977. The van der Waals surface area contributed by atoms with Crippen molar-refractivity contribution in [3.05, 3.63) is 0 Å². The quantitative estimate of drug-likeness (QED) is 0.0608. The van der Waals surface area contributed by atoms with Crippen LogP contribution in [0.3, 0.4) is 0 Å². The second-order valence-electron chi connectivity index (χ2n) is 15.3. The fourth-order valence-corrected chi connectivity index (χ4v) is 6.84. The molecular formula is C44H89NO6. The second kappa shape index (κ2) is 42.0. The molecule has 0 aromatic heterocycles. The number of amides is 1. The zero-order valence-corrected chi connectivity index (χ0v) is 34.5. The van der Waals surface area contributed by atoms with E-state index < -0.39 is 6.10 Å². The van der Waals surface area contributed by atoms with Crippen LogP contribution in [0.2, 0.25) is 0 Å². The molecule has 0 fully saturated rings. The molecule has 0 spiro atoms. The molecule has 51 heavy (non-hydrogen) atoms. The first-order chi connectivity index (χ1) is 25.1. The molecule has 0 aromatic rings. The normalized spacial score (nSPS) is 12.8. The molecule has 0 rings (SSSR count). The molecule has 7 nitrogen and oxygen atoms in total. The van der Waals surface area contributed by atoms with Crippen molar-refractivity contribution in [2.75, 3.05) is 53.2 Å². The molecule has 7 heteroatoms. The number of unbranched alkanes of at least 4 members (excludes halogenated alkanes) is 27. The maximum Gasteiger partial charge on any atom is 0.222 e. The Hall–Kier alpha value is -0.730. The van der Waals surface area contributed by atoms with Gasteiger partial charge in [0, 0.05) is 39.8 Å². The Morgan fingerprint density at radius 2 is 0.961 bits per heavy atom. The smallest absolute Gasteiger partial charge is 0.222 e. The highest BCUT2D eigenvalue weighted by molar-refractivity contribution is 5.76. The summed E-state index contributed by atoms with van der Waals surface area (Å²) in [5, 5.41) is 19.2. The molecule has 0 aliphatic heterocycles. The number of hydrogen-bond donors (Lipinski definition) is 2. The lowest BCUT2D eigenvalue weighted by molar-refractivity contribution is -0.135. The summed E-state index contributed by atoms with van der Waals surface area (Å²) in [6.07, 6.45) is 38.3. The highest BCUT2D eigenvalue weighted by Gasteiger charge is 2.21. The maximum atomic E-state index is 13.3. The van der Waals surface area contributed by atoms with Crippen molar-refractivity contribution in [1.29, 1.82) is 0 Å². The summed E-state index contributed by atoms with van der Waals surface area (Å²) in [6, 6.07) is 0. The van der Waals surface area contributed by atoms with Gasteiger partial charge in [0.25, 0.3) is 0 Å². The van der Waals surface area contributed by atoms with Gasteiger partial charge in [-0.2, -0.15) is 0 Å². The van der Waals surface area contributed by atoms with Crippen LogP contribution in [0.25, 0.3) is 0 Å². The Bertz CT molecular complexity index is 680. The number of aliphatic hydroxyl groups excluding tert-OH is 2. The molecule has 2 atom stereocenters. The molecule has 0 aliphatic rings. The Kier molecular flexibility index (Phi) is 41.4. The van der Waals surface area contributed by atoms with E-state index in [-0.39, 0.29) is 25.2 Å². The summed E-state index contributed by atoms with van der Waals surface area (Å²) in [6.45, 7) is 6.95. The number of nitrogens with zero attached hydrogens (tertiary/aromatic N) is 1. The van der Waals surface area contributed by atoms with Crippen molar-refractivity contribution in [2.24, 2.45) is 0 Å². The van der Waals surface area contributed by atoms with E-state index in [1.807, 2.05) is 4.90 Å². The van der Waals surface area contributed by atoms with Crippen molar-refractivity contribution >= 4 is 5.91 Å². The SMILES string of the molecule is CCCCCCCCCCCCCCCCCCOCC(CN(CCCOC)C(=O)CCCCCCCCCCCCCCC)OCC(O)CO. The van der Waals surface area contributed by atoms with Crippen molar-refractivity contribution in [2.45, 2.75) is 225 Å². The van der Waals surface area contributed by atoms with Crippen LogP contribution >= 0.6 is 0 Å². The summed E-state index contributed by atoms with van der Waals surface area (Å²) < 4.78 is 17.3. The van der Waals surface area contributed by atoms with E-state index in [0.717, 1.165) is 25.7 Å². The predicted octanol–water partition coefficient (Wildman–Crippen LogP) is 11.3. The maximum absolute atomic E-state index is 13.3. The third-order valence-corrected chi connectivity index (χ3v) is 10.2. The number of ether oxygens (including phenoxy) is 3. The standard InChI is InChI=1S/C44H89NO6/c1-4-6-8-10-12-14-16-18-19-20-22-24-26-28-30-32-37-50-41-43(51-40-42(47)39-46)38-45(35-33-36-49-3)44(48)34-31-29-27-25-23-21-17-15-13-11-9-7-5-2/h42-43,46-47H,4-41H2,1-3H3. The molecule has 0 bridgehead atoms. The minimum Gasteiger partial charge on any atom is -0.394 e. The Labute approximate surface area is 317 Å². The number of carbonyl (C=O) groups is 1. The van der Waals surface area contributed by atoms with Crippen LogP contribution in [0.1, 0.15) is 213 Å². The van der Waals surface area contributed by atoms with Gasteiger partial charge in [-0.15, -0.1) is 0 Å². The lowest BCUT2D eigenvalue weighted by Gasteiger charge is -2.28. The molecule has 2 N–H and O–H groups in total. The average Bonchev–Trinajstić information content (AvgIpc) is 3.14. The molecule has 0 aromatic carbocycles. The van der Waals surface area contributed by atoms with Gasteiger partial charge in [-0.3, -0.25) is 4.79 Å². The third-order valence-electron chi connectivity index (χ3n) is 10.2. The number of carbonyl (C=O) groups excluding carboxylic acids is 1. The molecule has 0 radical (unpaired) electrons. The number of rotatable bonds is 43. The lowest BCUT2D eigenvalue weighted by atomic mass is 10.0. The van der Waals surface area contributed by atoms with Crippen LogP contribution in [0.15, 0.2) is 0 Å². The summed E-state index contributed by atoms with van der Waals surface area (Å²) >= 11 is 0. The third kappa shape index (κ3) is 37.4. The number of methoxy groups -OCH3 is 1. The summed E-state index contributed by atoms with van der Waals surface area (Å²) in [5.41, 5.74) is 0. The molecule has 0 saturated heterocycles. The first kappa shape index (κ1) is 50.3.